The molecule has 1 fully saturated rings. The molecule has 0 spiro atoms. The Labute approximate surface area is 144 Å². The van der Waals surface area contributed by atoms with E-state index in [0.717, 1.165) is 23.9 Å². The zero-order valence-corrected chi connectivity index (χ0v) is 14.1. The van der Waals surface area contributed by atoms with Gasteiger partial charge in [-0.2, -0.15) is 5.10 Å². The summed E-state index contributed by atoms with van der Waals surface area (Å²) in [6.45, 7) is 3.65. The van der Waals surface area contributed by atoms with Gasteiger partial charge in [0.25, 0.3) is 5.91 Å². The molecule has 2 atom stereocenters. The summed E-state index contributed by atoms with van der Waals surface area (Å²) in [7, 11) is 0. The van der Waals surface area contributed by atoms with Crippen molar-refractivity contribution in [3.8, 4) is 5.69 Å². The van der Waals surface area contributed by atoms with Crippen molar-refractivity contribution in [2.24, 2.45) is 5.92 Å². The standard InChI is InChI=1S/C18H20FN3O3/c1-10-8-11(2)22(21-10)16-7-6-12(9-14(16)19)17(23)20-15-5-3-4-13(15)18(24)25/h6-9,13,15H,3-5H2,1-2H3,(H,20,23)(H,24,25)/t13-,15-/m0/s1. The van der Waals surface area contributed by atoms with Crippen molar-refractivity contribution in [1.82, 2.24) is 15.1 Å². The van der Waals surface area contributed by atoms with Gasteiger partial charge in [-0.05, 0) is 51.0 Å². The Kier molecular flexibility index (Phi) is 4.57. The van der Waals surface area contributed by atoms with Gasteiger partial charge in [0.15, 0.2) is 0 Å². The third-order valence-electron chi connectivity index (χ3n) is 4.60. The number of aryl methyl sites for hydroxylation is 2. The maximum Gasteiger partial charge on any atom is 0.308 e. The van der Waals surface area contributed by atoms with Crippen molar-refractivity contribution in [2.45, 2.75) is 39.2 Å². The molecule has 25 heavy (non-hydrogen) atoms. The highest BCUT2D eigenvalue weighted by molar-refractivity contribution is 5.95. The molecule has 1 aromatic carbocycles. The summed E-state index contributed by atoms with van der Waals surface area (Å²) in [5, 5.41) is 16.1. The number of halogens is 1. The molecule has 1 amide bonds. The summed E-state index contributed by atoms with van der Waals surface area (Å²) in [5.41, 5.74) is 2.01. The van der Waals surface area contributed by atoms with Gasteiger partial charge in [-0.25, -0.2) is 9.07 Å². The number of aliphatic carboxylic acids is 1. The SMILES string of the molecule is Cc1cc(C)n(-c2ccc(C(=O)N[C@H]3CCC[C@@H]3C(=O)O)cc2F)n1. The predicted molar refractivity (Wildman–Crippen MR) is 89.2 cm³/mol. The molecule has 1 aliphatic rings. The van der Waals surface area contributed by atoms with E-state index in [0.29, 0.717) is 12.8 Å². The number of carboxylic acids is 1. The Morgan fingerprint density at radius 3 is 2.64 bits per heavy atom. The monoisotopic (exact) mass is 345 g/mol. The van der Waals surface area contributed by atoms with E-state index in [-0.39, 0.29) is 11.3 Å². The molecule has 1 saturated carbocycles. The Morgan fingerprint density at radius 2 is 2.04 bits per heavy atom. The highest BCUT2D eigenvalue weighted by Gasteiger charge is 2.34. The first kappa shape index (κ1) is 17.1. The van der Waals surface area contributed by atoms with Gasteiger partial charge >= 0.3 is 5.97 Å². The number of amides is 1. The minimum Gasteiger partial charge on any atom is -0.481 e. The van der Waals surface area contributed by atoms with Crippen molar-refractivity contribution >= 4 is 11.9 Å². The second kappa shape index (κ2) is 6.66. The normalized spacial score (nSPS) is 19.8. The first-order valence-electron chi connectivity index (χ1n) is 8.23. The summed E-state index contributed by atoms with van der Waals surface area (Å²) < 4.78 is 16.0. The van der Waals surface area contributed by atoms with Gasteiger partial charge in [0.1, 0.15) is 11.5 Å². The molecule has 0 bridgehead atoms. The predicted octanol–water partition coefficient (Wildman–Crippen LogP) is 2.61. The summed E-state index contributed by atoms with van der Waals surface area (Å²) in [5.74, 6) is -2.51. The summed E-state index contributed by atoms with van der Waals surface area (Å²) >= 11 is 0. The summed E-state index contributed by atoms with van der Waals surface area (Å²) in [6.07, 6.45) is 1.92. The molecule has 6 nitrogen and oxygen atoms in total. The molecular weight excluding hydrogens is 325 g/mol. The molecule has 1 heterocycles. The van der Waals surface area contributed by atoms with Crippen LogP contribution in [0.15, 0.2) is 24.3 Å². The van der Waals surface area contributed by atoms with Gasteiger partial charge in [-0.3, -0.25) is 9.59 Å². The van der Waals surface area contributed by atoms with E-state index in [1.54, 1.807) is 0 Å². The molecule has 2 aromatic rings. The number of benzene rings is 1. The number of hydrogen-bond donors (Lipinski definition) is 2. The first-order chi connectivity index (χ1) is 11.9. The van der Waals surface area contributed by atoms with Gasteiger partial charge < -0.3 is 10.4 Å². The largest absolute Gasteiger partial charge is 0.481 e. The van der Waals surface area contributed by atoms with E-state index in [1.807, 2.05) is 19.9 Å². The van der Waals surface area contributed by atoms with Crippen LogP contribution >= 0.6 is 0 Å². The number of carbonyl (C=O) groups is 2. The van der Waals surface area contributed by atoms with Crippen LogP contribution in [-0.2, 0) is 4.79 Å². The van der Waals surface area contributed by atoms with E-state index in [9.17, 15) is 19.1 Å². The van der Waals surface area contributed by atoms with Crippen LogP contribution in [0.25, 0.3) is 5.69 Å². The molecule has 1 aliphatic carbocycles. The van der Waals surface area contributed by atoms with Crippen LogP contribution in [0.1, 0.15) is 41.0 Å². The van der Waals surface area contributed by atoms with Crippen LogP contribution in [0.2, 0.25) is 0 Å². The molecule has 7 heteroatoms. The van der Waals surface area contributed by atoms with Crippen LogP contribution in [0.5, 0.6) is 0 Å². The van der Waals surface area contributed by atoms with E-state index in [4.69, 9.17) is 0 Å². The zero-order valence-electron chi connectivity index (χ0n) is 14.1. The molecule has 0 unspecified atom stereocenters. The quantitative estimate of drug-likeness (QED) is 0.892. The van der Waals surface area contributed by atoms with Crippen molar-refractivity contribution in [3.63, 3.8) is 0 Å². The fourth-order valence-electron chi connectivity index (χ4n) is 3.37. The Morgan fingerprint density at radius 1 is 1.28 bits per heavy atom. The Bertz CT molecular complexity index is 831. The van der Waals surface area contributed by atoms with Gasteiger partial charge in [-0.15, -0.1) is 0 Å². The smallest absolute Gasteiger partial charge is 0.308 e. The van der Waals surface area contributed by atoms with Crippen LogP contribution in [0.4, 0.5) is 4.39 Å². The summed E-state index contributed by atoms with van der Waals surface area (Å²) in [6, 6.07) is 5.61. The van der Waals surface area contributed by atoms with Crippen molar-refractivity contribution in [3.05, 3.63) is 47.0 Å². The number of carbonyl (C=O) groups excluding carboxylic acids is 1. The third kappa shape index (κ3) is 3.40. The van der Waals surface area contributed by atoms with Crippen molar-refractivity contribution < 1.29 is 19.1 Å². The number of aromatic nitrogens is 2. The van der Waals surface area contributed by atoms with Crippen LogP contribution < -0.4 is 5.32 Å². The topological polar surface area (TPSA) is 84.2 Å². The van der Waals surface area contributed by atoms with E-state index in [2.05, 4.69) is 10.4 Å². The highest BCUT2D eigenvalue weighted by atomic mass is 19.1. The van der Waals surface area contributed by atoms with Gasteiger partial charge in [0.2, 0.25) is 0 Å². The fraction of sp³-hybridized carbons (Fsp3) is 0.389. The molecule has 132 valence electrons. The zero-order chi connectivity index (χ0) is 18.1. The van der Waals surface area contributed by atoms with Gasteiger partial charge in [0, 0.05) is 17.3 Å². The lowest BCUT2D eigenvalue weighted by Crippen LogP contribution is -2.40. The highest BCUT2D eigenvalue weighted by Crippen LogP contribution is 2.26. The second-order valence-corrected chi connectivity index (χ2v) is 6.46. The van der Waals surface area contributed by atoms with Gasteiger partial charge in [-0.1, -0.05) is 6.42 Å². The Hall–Kier alpha value is -2.70. The average Bonchev–Trinajstić information content (AvgIpc) is 3.13. The number of hydrogen-bond acceptors (Lipinski definition) is 3. The van der Waals surface area contributed by atoms with Crippen molar-refractivity contribution in [1.29, 1.82) is 0 Å². The van der Waals surface area contributed by atoms with E-state index in [1.165, 1.54) is 16.8 Å². The maximum absolute atomic E-state index is 14.5. The maximum atomic E-state index is 14.5. The molecule has 0 saturated heterocycles. The van der Waals surface area contributed by atoms with E-state index < -0.39 is 29.7 Å². The molecule has 0 radical (unpaired) electrons. The molecule has 1 aromatic heterocycles. The fourth-order valence-corrected chi connectivity index (χ4v) is 3.37. The Balaban J connectivity index is 1.79. The minimum atomic E-state index is -0.908. The van der Waals surface area contributed by atoms with Crippen LogP contribution in [-0.4, -0.2) is 32.8 Å². The third-order valence-corrected chi connectivity index (χ3v) is 4.60. The molecule has 3 rings (SSSR count). The molecule has 2 N–H and O–H groups in total. The molecule has 0 aliphatic heterocycles. The van der Waals surface area contributed by atoms with Crippen molar-refractivity contribution in [2.75, 3.05) is 0 Å². The average molecular weight is 345 g/mol. The lowest BCUT2D eigenvalue weighted by Gasteiger charge is -2.17. The van der Waals surface area contributed by atoms with Crippen LogP contribution in [0, 0.1) is 25.6 Å². The number of nitrogens with zero attached hydrogens (tertiary/aromatic N) is 2. The lowest BCUT2D eigenvalue weighted by molar-refractivity contribution is -0.142. The first-order valence-corrected chi connectivity index (χ1v) is 8.23. The number of nitrogens with one attached hydrogen (secondary N) is 1. The second-order valence-electron chi connectivity index (χ2n) is 6.46. The van der Waals surface area contributed by atoms with Gasteiger partial charge in [0.05, 0.1) is 11.6 Å². The summed E-state index contributed by atoms with van der Waals surface area (Å²) in [4.78, 5) is 23.5. The van der Waals surface area contributed by atoms with E-state index >= 15 is 0 Å². The number of rotatable bonds is 4. The lowest BCUT2D eigenvalue weighted by atomic mass is 10.0. The number of carboxylic acid groups (broad SMARTS) is 1. The minimum absolute atomic E-state index is 0.166. The van der Waals surface area contributed by atoms with Crippen LogP contribution in [0.3, 0.4) is 0 Å². The molecular formula is C18H20FN3O3.